The van der Waals surface area contributed by atoms with Gasteiger partial charge in [-0.15, -0.1) is 0 Å². The molecular weight excluding hydrogens is 456 g/mol. The Morgan fingerprint density at radius 3 is 1.26 bits per heavy atom. The van der Waals surface area contributed by atoms with Crippen LogP contribution in [0.5, 0.6) is 0 Å². The van der Waals surface area contributed by atoms with Crippen molar-refractivity contribution >= 4 is 8.38 Å². The molecule has 0 aromatic carbocycles. The van der Waals surface area contributed by atoms with Gasteiger partial charge >= 0.3 is 36.0 Å². The average Bonchev–Trinajstić information content (AvgIpc) is 2.43. The van der Waals surface area contributed by atoms with Crippen LogP contribution in [0.2, 0.25) is 0 Å². The Kier molecular flexibility index (Phi) is 5.77. The van der Waals surface area contributed by atoms with E-state index in [9.17, 15) is 65.9 Å². The van der Waals surface area contributed by atoms with Crippen LogP contribution >= 0.6 is 8.38 Å². The van der Waals surface area contributed by atoms with E-state index >= 15 is 0 Å². The van der Waals surface area contributed by atoms with Gasteiger partial charge < -0.3 is 9.05 Å². The molecule has 27 heavy (non-hydrogen) atoms. The van der Waals surface area contributed by atoms with Crippen molar-refractivity contribution in [2.75, 3.05) is 6.61 Å². The van der Waals surface area contributed by atoms with E-state index in [1.165, 1.54) is 0 Å². The van der Waals surface area contributed by atoms with E-state index in [2.05, 4.69) is 9.05 Å². The monoisotopic (exact) mass is 460 g/mol. The van der Waals surface area contributed by atoms with Crippen LogP contribution in [-0.2, 0) is 9.05 Å². The maximum absolute atomic E-state index is 13.6. The molecule has 0 N–H and O–H groups in total. The summed E-state index contributed by atoms with van der Waals surface area (Å²) in [4.78, 5) is 0. The van der Waals surface area contributed by atoms with Gasteiger partial charge in [-0.2, -0.15) is 65.9 Å². The summed E-state index contributed by atoms with van der Waals surface area (Å²) >= 11 is 0. The molecule has 1 rings (SSSR count). The van der Waals surface area contributed by atoms with Gasteiger partial charge in [0.05, 0.1) is 6.61 Å². The lowest BCUT2D eigenvalue weighted by molar-refractivity contribution is -0.422. The average molecular weight is 460 g/mol. The Morgan fingerprint density at radius 2 is 0.963 bits per heavy atom. The second-order valence-electron chi connectivity index (χ2n) is 4.94. The summed E-state index contributed by atoms with van der Waals surface area (Å²) in [6, 6.07) is 0. The normalized spacial score (nSPS) is 23.4. The van der Waals surface area contributed by atoms with E-state index in [1.54, 1.807) is 0 Å². The quantitative estimate of drug-likeness (QED) is 0.379. The highest BCUT2D eigenvalue weighted by Crippen LogP contribution is 2.70. The summed E-state index contributed by atoms with van der Waals surface area (Å²) in [6.07, 6.45) is -23.9. The van der Waals surface area contributed by atoms with Gasteiger partial charge in [0.2, 0.25) is 5.60 Å². The van der Waals surface area contributed by atoms with Crippen molar-refractivity contribution in [2.24, 2.45) is 0 Å². The van der Waals surface area contributed by atoms with Crippen molar-refractivity contribution in [1.82, 2.24) is 0 Å². The van der Waals surface area contributed by atoms with Crippen LogP contribution in [0.3, 0.4) is 0 Å². The van der Waals surface area contributed by atoms with E-state index in [-0.39, 0.29) is 0 Å². The zero-order chi connectivity index (χ0) is 21.9. The number of halogens is 15. The maximum Gasteiger partial charge on any atom is 0.462 e. The first-order valence-electron chi connectivity index (χ1n) is 6.02. The summed E-state index contributed by atoms with van der Waals surface area (Å²) < 4.78 is 198. The molecule has 1 aliphatic rings. The number of hydrogen-bond donors (Lipinski definition) is 0. The van der Waals surface area contributed by atoms with Crippen LogP contribution in [0.15, 0.2) is 0 Å². The molecule has 1 heterocycles. The van der Waals surface area contributed by atoms with Gasteiger partial charge in [-0.05, 0) is 0 Å². The number of alkyl halides is 15. The van der Waals surface area contributed by atoms with E-state index < -0.39 is 63.0 Å². The molecule has 1 fully saturated rings. The molecule has 1 saturated heterocycles. The predicted octanol–water partition coefficient (Wildman–Crippen LogP) is 6.02. The molecule has 1 atom stereocenters. The highest BCUT2D eigenvalue weighted by Gasteiger charge is 2.88. The maximum atomic E-state index is 13.6. The summed E-state index contributed by atoms with van der Waals surface area (Å²) in [5.41, 5.74) is -12.6. The van der Waals surface area contributed by atoms with Crippen molar-refractivity contribution < 1.29 is 74.9 Å². The summed E-state index contributed by atoms with van der Waals surface area (Å²) in [5, 5.41) is 0. The Morgan fingerprint density at radius 1 is 0.593 bits per heavy atom. The molecule has 18 heteroatoms. The first kappa shape index (κ1) is 24.3. The number of rotatable bonds is 3. The van der Waals surface area contributed by atoms with Crippen molar-refractivity contribution in [2.45, 2.75) is 48.1 Å². The second kappa shape index (κ2) is 6.40. The smallest absolute Gasteiger partial charge is 0.329 e. The SMILES string of the molecule is FC(F)(F)C(F)(F)P1OCCC(C(F)(F)C(F)(F)F)(C(F)(F)C(F)(F)F)O1. The van der Waals surface area contributed by atoms with Crippen molar-refractivity contribution in [3.8, 4) is 0 Å². The summed E-state index contributed by atoms with van der Waals surface area (Å²) in [7, 11) is -5.43. The minimum atomic E-state index is -7.23. The Labute approximate surface area is 139 Å². The van der Waals surface area contributed by atoms with Gasteiger partial charge in [-0.3, -0.25) is 0 Å². The lowest BCUT2D eigenvalue weighted by Gasteiger charge is -2.49. The van der Waals surface area contributed by atoms with Crippen molar-refractivity contribution in [1.29, 1.82) is 0 Å². The first-order chi connectivity index (χ1) is 11.6. The second-order valence-corrected chi connectivity index (χ2v) is 6.46. The fourth-order valence-corrected chi connectivity index (χ4v) is 3.21. The summed E-state index contributed by atoms with van der Waals surface area (Å²) in [6.45, 7) is -2.16. The fourth-order valence-electron chi connectivity index (χ4n) is 1.81. The van der Waals surface area contributed by atoms with Gasteiger partial charge in [0, 0.05) is 6.42 Å². The molecule has 0 bridgehead atoms. The van der Waals surface area contributed by atoms with Crippen LogP contribution in [0, 0.1) is 0 Å². The standard InChI is InChI=1S/C9H4F15O2P/c10-4(11,6(14,15)16)3(5(12,13)7(17,18)19)1-2-25-27(26-3)9(23,24)8(20,21)22/h1-2H2. The van der Waals surface area contributed by atoms with Gasteiger partial charge in [0.15, 0.2) is 0 Å². The zero-order valence-electron chi connectivity index (χ0n) is 11.8. The molecule has 2 nitrogen and oxygen atoms in total. The molecule has 1 aliphatic heterocycles. The van der Waals surface area contributed by atoms with Crippen LogP contribution < -0.4 is 0 Å². The molecule has 0 aromatic heterocycles. The van der Waals surface area contributed by atoms with Crippen LogP contribution in [0.4, 0.5) is 65.9 Å². The van der Waals surface area contributed by atoms with E-state index in [4.69, 9.17) is 0 Å². The lowest BCUT2D eigenvalue weighted by Crippen LogP contribution is -2.72. The Balaban J connectivity index is 3.67. The molecule has 0 spiro atoms. The third-order valence-corrected chi connectivity index (χ3v) is 4.80. The zero-order valence-corrected chi connectivity index (χ0v) is 12.7. The first-order valence-corrected chi connectivity index (χ1v) is 7.20. The molecule has 0 aromatic rings. The molecule has 162 valence electrons. The molecule has 0 aliphatic carbocycles. The van der Waals surface area contributed by atoms with Crippen LogP contribution in [0.25, 0.3) is 0 Å². The van der Waals surface area contributed by atoms with Crippen LogP contribution in [0.1, 0.15) is 6.42 Å². The molecular formula is C9H4F15O2P. The third-order valence-electron chi connectivity index (χ3n) is 3.20. The Bertz CT molecular complexity index is 521. The molecule has 0 radical (unpaired) electrons. The van der Waals surface area contributed by atoms with E-state index in [0.29, 0.717) is 0 Å². The van der Waals surface area contributed by atoms with Crippen LogP contribution in [-0.4, -0.2) is 48.2 Å². The van der Waals surface area contributed by atoms with Gasteiger partial charge in [-0.1, -0.05) is 0 Å². The highest BCUT2D eigenvalue weighted by molar-refractivity contribution is 7.48. The van der Waals surface area contributed by atoms with E-state index in [1.807, 2.05) is 0 Å². The fraction of sp³-hybridized carbons (Fsp3) is 1.00. The summed E-state index contributed by atoms with van der Waals surface area (Å²) in [5.74, 6) is -14.4. The van der Waals surface area contributed by atoms with E-state index in [0.717, 1.165) is 0 Å². The number of hydrogen-bond acceptors (Lipinski definition) is 2. The third kappa shape index (κ3) is 3.54. The van der Waals surface area contributed by atoms with Gasteiger partial charge in [0.1, 0.15) is 0 Å². The lowest BCUT2D eigenvalue weighted by atomic mass is 9.84. The minimum absolute atomic E-state index is 2.16. The van der Waals surface area contributed by atoms with Crippen molar-refractivity contribution in [3.05, 3.63) is 0 Å². The van der Waals surface area contributed by atoms with Gasteiger partial charge in [-0.25, -0.2) is 0 Å². The molecule has 0 saturated carbocycles. The Hall–Kier alpha value is -0.700. The minimum Gasteiger partial charge on any atom is -0.329 e. The van der Waals surface area contributed by atoms with Gasteiger partial charge in [0.25, 0.3) is 8.38 Å². The predicted molar refractivity (Wildman–Crippen MR) is 54.3 cm³/mol. The highest BCUT2D eigenvalue weighted by atomic mass is 31.2. The van der Waals surface area contributed by atoms with Crippen molar-refractivity contribution in [3.63, 3.8) is 0 Å². The largest absolute Gasteiger partial charge is 0.462 e. The molecule has 0 amide bonds. The topological polar surface area (TPSA) is 18.5 Å². The molecule has 1 unspecified atom stereocenters.